The highest BCUT2D eigenvalue weighted by Crippen LogP contribution is 2.35. The second kappa shape index (κ2) is 5.45. The summed E-state index contributed by atoms with van der Waals surface area (Å²) in [6.07, 6.45) is 5.60. The van der Waals surface area contributed by atoms with Crippen molar-refractivity contribution < 1.29 is 0 Å². The fraction of sp³-hybridized carbons (Fsp3) is 0.600. The molecule has 1 aliphatic carbocycles. The number of hydrogen-bond acceptors (Lipinski definition) is 2. The summed E-state index contributed by atoms with van der Waals surface area (Å²) in [5.41, 5.74) is 7.24. The van der Waals surface area contributed by atoms with Crippen LogP contribution in [0.25, 0.3) is 0 Å². The van der Waals surface area contributed by atoms with E-state index in [1.54, 1.807) is 0 Å². The van der Waals surface area contributed by atoms with Crippen molar-refractivity contribution in [3.05, 3.63) is 29.8 Å². The molecular weight excluding hydrogens is 226 g/mol. The Morgan fingerprint density at radius 2 is 1.76 bits per heavy atom. The molecule has 0 aromatic heterocycles. The van der Waals surface area contributed by atoms with Crippen LogP contribution in [0.15, 0.2) is 29.2 Å². The Morgan fingerprint density at radius 3 is 2.29 bits per heavy atom. The first-order valence-electron chi connectivity index (χ1n) is 6.59. The lowest BCUT2D eigenvalue weighted by atomic mass is 9.85. The van der Waals surface area contributed by atoms with Crippen LogP contribution in [0.4, 0.5) is 0 Å². The lowest BCUT2D eigenvalue weighted by Crippen LogP contribution is -2.27. The van der Waals surface area contributed by atoms with Crippen LogP contribution in [0, 0.1) is 0 Å². The quantitative estimate of drug-likeness (QED) is 0.874. The molecule has 1 aromatic carbocycles. The van der Waals surface area contributed by atoms with E-state index in [1.165, 1.54) is 36.1 Å². The molecule has 0 radical (unpaired) electrons. The molecule has 0 unspecified atom stereocenters. The van der Waals surface area contributed by atoms with Gasteiger partial charge in [-0.25, -0.2) is 0 Å². The van der Waals surface area contributed by atoms with Crippen molar-refractivity contribution in [3.8, 4) is 0 Å². The van der Waals surface area contributed by atoms with E-state index < -0.39 is 0 Å². The van der Waals surface area contributed by atoms with Gasteiger partial charge in [-0.1, -0.05) is 38.8 Å². The minimum Gasteiger partial charge on any atom is -0.330 e. The van der Waals surface area contributed by atoms with Crippen molar-refractivity contribution in [2.45, 2.75) is 55.1 Å². The molecule has 0 saturated heterocycles. The van der Waals surface area contributed by atoms with Gasteiger partial charge in [0.15, 0.2) is 0 Å². The molecule has 1 aliphatic rings. The lowest BCUT2D eigenvalue weighted by molar-refractivity contribution is 0.538. The predicted molar refractivity (Wildman–Crippen MR) is 76.6 cm³/mol. The Morgan fingerprint density at radius 1 is 1.18 bits per heavy atom. The van der Waals surface area contributed by atoms with Crippen LogP contribution in [0.5, 0.6) is 0 Å². The smallest absolute Gasteiger partial charge is 0.00944 e. The molecule has 94 valence electrons. The van der Waals surface area contributed by atoms with Gasteiger partial charge in [-0.2, -0.15) is 0 Å². The Labute approximate surface area is 109 Å². The van der Waals surface area contributed by atoms with Crippen LogP contribution < -0.4 is 5.73 Å². The second-order valence-corrected chi connectivity index (χ2v) is 7.01. The van der Waals surface area contributed by atoms with Crippen molar-refractivity contribution in [2.75, 3.05) is 6.54 Å². The summed E-state index contributed by atoms with van der Waals surface area (Å²) < 4.78 is 0. The Hall–Kier alpha value is -0.470. The van der Waals surface area contributed by atoms with Gasteiger partial charge in [0.25, 0.3) is 0 Å². The maximum Gasteiger partial charge on any atom is 0.00944 e. The van der Waals surface area contributed by atoms with Gasteiger partial charge in [0.1, 0.15) is 0 Å². The molecular formula is C15H23NS. The first-order valence-corrected chi connectivity index (χ1v) is 7.47. The van der Waals surface area contributed by atoms with E-state index in [9.17, 15) is 0 Å². The zero-order valence-corrected chi connectivity index (χ0v) is 11.7. The fourth-order valence-electron chi connectivity index (χ4n) is 2.30. The van der Waals surface area contributed by atoms with E-state index >= 15 is 0 Å². The summed E-state index contributed by atoms with van der Waals surface area (Å²) in [6, 6.07) is 9.00. The number of benzene rings is 1. The van der Waals surface area contributed by atoms with Gasteiger partial charge >= 0.3 is 0 Å². The highest BCUT2D eigenvalue weighted by molar-refractivity contribution is 8.00. The highest BCUT2D eigenvalue weighted by atomic mass is 32.2. The SMILES string of the molecule is CC(C)(CN)c1ccc(SC2CCCC2)cc1. The van der Waals surface area contributed by atoms with Gasteiger partial charge in [0.2, 0.25) is 0 Å². The van der Waals surface area contributed by atoms with Crippen LogP contribution in [0.2, 0.25) is 0 Å². The van der Waals surface area contributed by atoms with E-state index in [-0.39, 0.29) is 5.41 Å². The first-order chi connectivity index (χ1) is 8.12. The van der Waals surface area contributed by atoms with Crippen LogP contribution in [0.3, 0.4) is 0 Å². The normalized spacial score (nSPS) is 17.6. The summed E-state index contributed by atoms with van der Waals surface area (Å²) in [6.45, 7) is 5.10. The topological polar surface area (TPSA) is 26.0 Å². The van der Waals surface area contributed by atoms with E-state index in [0.717, 1.165) is 5.25 Å². The third-order valence-corrected chi connectivity index (χ3v) is 5.10. The second-order valence-electron chi connectivity index (χ2n) is 5.64. The van der Waals surface area contributed by atoms with E-state index in [1.807, 2.05) is 11.8 Å². The molecule has 0 bridgehead atoms. The van der Waals surface area contributed by atoms with Crippen molar-refractivity contribution in [1.29, 1.82) is 0 Å². The minimum absolute atomic E-state index is 0.0938. The van der Waals surface area contributed by atoms with Gasteiger partial charge in [0, 0.05) is 22.1 Å². The molecule has 0 heterocycles. The van der Waals surface area contributed by atoms with Crippen molar-refractivity contribution in [2.24, 2.45) is 5.73 Å². The van der Waals surface area contributed by atoms with Gasteiger partial charge in [-0.05, 0) is 30.5 Å². The summed E-state index contributed by atoms with van der Waals surface area (Å²) >= 11 is 2.05. The van der Waals surface area contributed by atoms with Crippen molar-refractivity contribution in [1.82, 2.24) is 0 Å². The summed E-state index contributed by atoms with van der Waals surface area (Å²) in [7, 11) is 0. The molecule has 2 rings (SSSR count). The summed E-state index contributed by atoms with van der Waals surface area (Å²) in [5.74, 6) is 0. The van der Waals surface area contributed by atoms with Gasteiger partial charge in [-0.3, -0.25) is 0 Å². The summed E-state index contributed by atoms with van der Waals surface area (Å²) in [5, 5.41) is 0.850. The zero-order valence-electron chi connectivity index (χ0n) is 10.9. The molecule has 1 saturated carbocycles. The van der Waals surface area contributed by atoms with E-state index in [2.05, 4.69) is 38.1 Å². The zero-order chi connectivity index (χ0) is 12.3. The van der Waals surface area contributed by atoms with Gasteiger partial charge < -0.3 is 5.73 Å². The molecule has 0 amide bonds. The standard InChI is InChI=1S/C15H23NS/c1-15(2,11-16)12-7-9-14(10-8-12)17-13-5-3-4-6-13/h7-10,13H,3-6,11,16H2,1-2H3. The molecule has 2 N–H and O–H groups in total. The Bertz CT molecular complexity index is 350. The number of nitrogens with two attached hydrogens (primary N) is 1. The highest BCUT2D eigenvalue weighted by Gasteiger charge is 2.19. The minimum atomic E-state index is 0.0938. The van der Waals surface area contributed by atoms with Crippen LogP contribution in [0.1, 0.15) is 45.1 Å². The molecule has 0 atom stereocenters. The van der Waals surface area contributed by atoms with Crippen LogP contribution in [-0.2, 0) is 5.41 Å². The van der Waals surface area contributed by atoms with E-state index in [0.29, 0.717) is 6.54 Å². The monoisotopic (exact) mass is 249 g/mol. The molecule has 1 nitrogen and oxygen atoms in total. The summed E-state index contributed by atoms with van der Waals surface area (Å²) in [4.78, 5) is 1.41. The number of rotatable bonds is 4. The number of thioether (sulfide) groups is 1. The van der Waals surface area contributed by atoms with Gasteiger partial charge in [0.05, 0.1) is 0 Å². The maximum atomic E-state index is 5.80. The third-order valence-electron chi connectivity index (χ3n) is 3.75. The van der Waals surface area contributed by atoms with Crippen LogP contribution >= 0.6 is 11.8 Å². The lowest BCUT2D eigenvalue weighted by Gasteiger charge is -2.23. The first kappa shape index (κ1) is 13.0. The molecule has 1 fully saturated rings. The molecule has 17 heavy (non-hydrogen) atoms. The average molecular weight is 249 g/mol. The van der Waals surface area contributed by atoms with Crippen LogP contribution in [-0.4, -0.2) is 11.8 Å². The molecule has 2 heteroatoms. The molecule has 0 spiro atoms. The third kappa shape index (κ3) is 3.26. The Balaban J connectivity index is 2.02. The Kier molecular flexibility index (Phi) is 4.16. The average Bonchev–Trinajstić information content (AvgIpc) is 2.83. The number of hydrogen-bond donors (Lipinski definition) is 1. The maximum absolute atomic E-state index is 5.80. The predicted octanol–water partition coefficient (Wildman–Crippen LogP) is 3.96. The van der Waals surface area contributed by atoms with E-state index in [4.69, 9.17) is 5.73 Å². The molecule has 0 aliphatic heterocycles. The van der Waals surface area contributed by atoms with Crippen molar-refractivity contribution in [3.63, 3.8) is 0 Å². The van der Waals surface area contributed by atoms with Crippen molar-refractivity contribution >= 4 is 11.8 Å². The molecule has 1 aromatic rings. The van der Waals surface area contributed by atoms with Gasteiger partial charge in [-0.15, -0.1) is 11.8 Å². The largest absolute Gasteiger partial charge is 0.330 e. The fourth-order valence-corrected chi connectivity index (χ4v) is 3.55.